The summed E-state index contributed by atoms with van der Waals surface area (Å²) in [6, 6.07) is 0. The first-order chi connectivity index (χ1) is 20.2. The van der Waals surface area contributed by atoms with E-state index < -0.39 is 6.10 Å². The van der Waals surface area contributed by atoms with E-state index in [2.05, 4.69) is 34.6 Å². The van der Waals surface area contributed by atoms with Crippen molar-refractivity contribution < 1.29 is 28.6 Å². The van der Waals surface area contributed by atoms with Crippen LogP contribution in [-0.2, 0) is 28.6 Å². The Labute approximate surface area is 259 Å². The second-order valence-corrected chi connectivity index (χ2v) is 13.1. The SMILES string of the molecule is CCCCCCCC(=O)OC[C@@H](COC(=O)CCCCCCCCCC(C)C)OC(=O)CCCCCCCCC(C)C. The zero-order valence-electron chi connectivity index (χ0n) is 28.4. The van der Waals surface area contributed by atoms with Gasteiger partial charge in [0.2, 0.25) is 0 Å². The zero-order chi connectivity index (χ0) is 31.3. The molecule has 0 N–H and O–H groups in total. The number of carbonyl (C=O) groups excluding carboxylic acids is 3. The van der Waals surface area contributed by atoms with E-state index in [4.69, 9.17) is 14.2 Å². The van der Waals surface area contributed by atoms with Gasteiger partial charge in [0.1, 0.15) is 13.2 Å². The maximum absolute atomic E-state index is 12.5. The van der Waals surface area contributed by atoms with E-state index in [1.165, 1.54) is 64.2 Å². The van der Waals surface area contributed by atoms with E-state index in [1.807, 2.05) is 0 Å². The third kappa shape index (κ3) is 29.9. The number of esters is 3. The Morgan fingerprint density at radius 3 is 1.17 bits per heavy atom. The number of rotatable bonds is 30. The lowest BCUT2D eigenvalue weighted by molar-refractivity contribution is -0.167. The molecule has 6 heteroatoms. The molecule has 0 spiro atoms. The van der Waals surface area contributed by atoms with Gasteiger partial charge >= 0.3 is 17.9 Å². The molecule has 0 fully saturated rings. The molecule has 42 heavy (non-hydrogen) atoms. The molecule has 0 bridgehead atoms. The summed E-state index contributed by atoms with van der Waals surface area (Å²) in [4.78, 5) is 37.0. The van der Waals surface area contributed by atoms with E-state index in [9.17, 15) is 14.4 Å². The molecule has 248 valence electrons. The molecule has 0 aromatic carbocycles. The highest BCUT2D eigenvalue weighted by molar-refractivity contribution is 5.71. The standard InChI is InChI=1S/C36H68O6/c1-6-7-8-14-21-26-34(37)40-29-33(42-36(39)28-23-18-13-12-16-20-25-32(4)5)30-41-35(38)27-22-17-11-9-10-15-19-24-31(2)3/h31-33H,6-30H2,1-5H3/t33-/m0/s1. The fourth-order valence-corrected chi connectivity index (χ4v) is 4.98. The molecule has 0 amide bonds. The van der Waals surface area contributed by atoms with Gasteiger partial charge in [0.25, 0.3) is 0 Å². The normalized spacial score (nSPS) is 12.1. The molecular formula is C36H68O6. The average molecular weight is 597 g/mol. The Hall–Kier alpha value is -1.59. The average Bonchev–Trinajstić information content (AvgIpc) is 2.94. The summed E-state index contributed by atoms with van der Waals surface area (Å²) in [5, 5.41) is 0. The molecular weight excluding hydrogens is 528 g/mol. The molecule has 0 saturated heterocycles. The van der Waals surface area contributed by atoms with Crippen LogP contribution in [0.4, 0.5) is 0 Å². The minimum absolute atomic E-state index is 0.0694. The van der Waals surface area contributed by atoms with E-state index in [-0.39, 0.29) is 31.1 Å². The topological polar surface area (TPSA) is 78.9 Å². The van der Waals surface area contributed by atoms with Crippen molar-refractivity contribution >= 4 is 17.9 Å². The van der Waals surface area contributed by atoms with Gasteiger partial charge in [0, 0.05) is 19.3 Å². The second kappa shape index (κ2) is 29.5. The van der Waals surface area contributed by atoms with Gasteiger partial charge in [-0.05, 0) is 31.1 Å². The second-order valence-electron chi connectivity index (χ2n) is 13.1. The highest BCUT2D eigenvalue weighted by Gasteiger charge is 2.19. The van der Waals surface area contributed by atoms with Crippen LogP contribution in [-0.4, -0.2) is 37.2 Å². The van der Waals surface area contributed by atoms with E-state index >= 15 is 0 Å². The smallest absolute Gasteiger partial charge is 0.306 e. The summed E-state index contributed by atoms with van der Waals surface area (Å²) in [6.45, 7) is 11.1. The molecule has 0 aliphatic carbocycles. The van der Waals surface area contributed by atoms with Crippen LogP contribution in [0.1, 0.15) is 182 Å². The van der Waals surface area contributed by atoms with Crippen molar-refractivity contribution in [3.8, 4) is 0 Å². The van der Waals surface area contributed by atoms with Gasteiger partial charge < -0.3 is 14.2 Å². The fourth-order valence-electron chi connectivity index (χ4n) is 4.98. The van der Waals surface area contributed by atoms with Crippen molar-refractivity contribution in [3.63, 3.8) is 0 Å². The Kier molecular flexibility index (Phi) is 28.4. The van der Waals surface area contributed by atoms with Crippen molar-refractivity contribution in [1.29, 1.82) is 0 Å². The Balaban J connectivity index is 4.33. The van der Waals surface area contributed by atoms with Gasteiger partial charge in [0.05, 0.1) is 0 Å². The summed E-state index contributed by atoms with van der Waals surface area (Å²) in [5.74, 6) is 0.648. The zero-order valence-corrected chi connectivity index (χ0v) is 28.4. The Morgan fingerprint density at radius 2 is 0.786 bits per heavy atom. The van der Waals surface area contributed by atoms with Crippen molar-refractivity contribution in [1.82, 2.24) is 0 Å². The number of hydrogen-bond acceptors (Lipinski definition) is 6. The van der Waals surface area contributed by atoms with Crippen LogP contribution < -0.4 is 0 Å². The van der Waals surface area contributed by atoms with E-state index in [0.717, 1.165) is 76.0 Å². The number of ether oxygens (including phenoxy) is 3. The Bertz CT molecular complexity index is 645. The molecule has 0 rings (SSSR count). The first-order valence-electron chi connectivity index (χ1n) is 17.7. The summed E-state index contributed by atoms with van der Waals surface area (Å²) >= 11 is 0. The lowest BCUT2D eigenvalue weighted by Gasteiger charge is -2.18. The summed E-state index contributed by atoms with van der Waals surface area (Å²) in [5.41, 5.74) is 0. The number of unbranched alkanes of at least 4 members (excludes halogenated alkanes) is 15. The molecule has 0 aliphatic heterocycles. The van der Waals surface area contributed by atoms with Crippen molar-refractivity contribution in [2.75, 3.05) is 13.2 Å². The van der Waals surface area contributed by atoms with Crippen LogP contribution in [0.25, 0.3) is 0 Å². The van der Waals surface area contributed by atoms with Crippen molar-refractivity contribution in [3.05, 3.63) is 0 Å². The summed E-state index contributed by atoms with van der Waals surface area (Å²) in [6.07, 6.45) is 22.8. The highest BCUT2D eigenvalue weighted by Crippen LogP contribution is 2.14. The maximum Gasteiger partial charge on any atom is 0.306 e. The lowest BCUT2D eigenvalue weighted by atomic mass is 10.0. The molecule has 0 aromatic rings. The van der Waals surface area contributed by atoms with Gasteiger partial charge in [-0.15, -0.1) is 0 Å². The maximum atomic E-state index is 12.5. The molecule has 0 heterocycles. The highest BCUT2D eigenvalue weighted by atomic mass is 16.6. The first-order valence-corrected chi connectivity index (χ1v) is 17.7. The lowest BCUT2D eigenvalue weighted by Crippen LogP contribution is -2.30. The number of hydrogen-bond donors (Lipinski definition) is 0. The van der Waals surface area contributed by atoms with Crippen LogP contribution >= 0.6 is 0 Å². The van der Waals surface area contributed by atoms with Crippen LogP contribution in [0, 0.1) is 11.8 Å². The monoisotopic (exact) mass is 597 g/mol. The molecule has 0 radical (unpaired) electrons. The predicted molar refractivity (Wildman–Crippen MR) is 173 cm³/mol. The third-order valence-electron chi connectivity index (χ3n) is 7.72. The van der Waals surface area contributed by atoms with Gasteiger partial charge in [-0.25, -0.2) is 0 Å². The Morgan fingerprint density at radius 1 is 0.452 bits per heavy atom. The van der Waals surface area contributed by atoms with Gasteiger partial charge in [0.15, 0.2) is 6.10 Å². The van der Waals surface area contributed by atoms with Crippen molar-refractivity contribution in [2.24, 2.45) is 11.8 Å². The van der Waals surface area contributed by atoms with Crippen LogP contribution in [0.2, 0.25) is 0 Å². The summed E-state index contributed by atoms with van der Waals surface area (Å²) in [7, 11) is 0. The van der Waals surface area contributed by atoms with Crippen LogP contribution in [0.15, 0.2) is 0 Å². The molecule has 0 saturated carbocycles. The quantitative estimate of drug-likeness (QED) is 0.0466. The third-order valence-corrected chi connectivity index (χ3v) is 7.72. The van der Waals surface area contributed by atoms with Gasteiger partial charge in [-0.2, -0.15) is 0 Å². The molecule has 1 atom stereocenters. The predicted octanol–water partition coefficient (Wildman–Crippen LogP) is 10.3. The minimum atomic E-state index is -0.757. The van der Waals surface area contributed by atoms with E-state index in [0.29, 0.717) is 19.3 Å². The first kappa shape index (κ1) is 40.4. The van der Waals surface area contributed by atoms with E-state index in [1.54, 1.807) is 0 Å². The molecule has 6 nitrogen and oxygen atoms in total. The molecule has 0 unspecified atom stereocenters. The minimum Gasteiger partial charge on any atom is -0.462 e. The largest absolute Gasteiger partial charge is 0.462 e. The van der Waals surface area contributed by atoms with Crippen molar-refractivity contribution in [2.45, 2.75) is 188 Å². The summed E-state index contributed by atoms with van der Waals surface area (Å²) < 4.78 is 16.4. The van der Waals surface area contributed by atoms with Crippen LogP contribution in [0.3, 0.4) is 0 Å². The molecule has 0 aromatic heterocycles. The van der Waals surface area contributed by atoms with Gasteiger partial charge in [-0.3, -0.25) is 14.4 Å². The van der Waals surface area contributed by atoms with Gasteiger partial charge in [-0.1, -0.05) is 144 Å². The molecule has 0 aliphatic rings. The fraction of sp³-hybridized carbons (Fsp3) is 0.917. The van der Waals surface area contributed by atoms with Crippen LogP contribution in [0.5, 0.6) is 0 Å². The number of carbonyl (C=O) groups is 3.